The van der Waals surface area contributed by atoms with Crippen LogP contribution in [-0.4, -0.2) is 22.3 Å². The smallest absolute Gasteiger partial charge is 0.373 e. The topological polar surface area (TPSA) is 53.6 Å². The molecule has 2 aromatic heterocycles. The molecule has 1 N–H and O–H groups in total. The van der Waals surface area contributed by atoms with Gasteiger partial charge < -0.3 is 9.88 Å². The van der Waals surface area contributed by atoms with Gasteiger partial charge in [-0.2, -0.15) is 18.4 Å². The van der Waals surface area contributed by atoms with E-state index in [0.29, 0.717) is 21.2 Å². The van der Waals surface area contributed by atoms with Crippen LogP contribution in [0.4, 0.5) is 23.2 Å². The van der Waals surface area contributed by atoms with Gasteiger partial charge in [0.15, 0.2) is 0 Å². The largest absolute Gasteiger partial charge is 0.406 e. The van der Waals surface area contributed by atoms with E-state index in [2.05, 4.69) is 44.1 Å². The molecule has 0 bridgehead atoms. The summed E-state index contributed by atoms with van der Waals surface area (Å²) in [6.45, 7) is 2.41. The third kappa shape index (κ3) is 5.36. The van der Waals surface area contributed by atoms with Crippen molar-refractivity contribution in [1.82, 2.24) is 9.55 Å². The molecular weight excluding hydrogens is 476 g/mol. The number of alkyl halides is 3. The van der Waals surface area contributed by atoms with Crippen LogP contribution in [0.1, 0.15) is 25.2 Å². The molecule has 0 amide bonds. The minimum absolute atomic E-state index is 0.112. The first kappa shape index (κ1) is 22.6. The second-order valence-corrected chi connectivity index (χ2v) is 8.23. The van der Waals surface area contributed by atoms with Crippen molar-refractivity contribution in [2.24, 2.45) is 0 Å². The first-order valence-corrected chi connectivity index (χ1v) is 9.95. The van der Waals surface area contributed by atoms with Gasteiger partial charge in [-0.1, -0.05) is 5.92 Å². The second-order valence-electron chi connectivity index (χ2n) is 7.38. The summed E-state index contributed by atoms with van der Waals surface area (Å²) in [6, 6.07) is 9.41. The molecule has 160 valence electrons. The molecule has 0 radical (unpaired) electrons. The summed E-state index contributed by atoms with van der Waals surface area (Å²) in [5, 5.41) is 12.6. The van der Waals surface area contributed by atoms with Gasteiger partial charge in [-0.05, 0) is 66.0 Å². The number of aromatic nitrogens is 2. The first-order valence-electron chi connectivity index (χ1n) is 9.16. The van der Waals surface area contributed by atoms with E-state index in [-0.39, 0.29) is 17.8 Å². The average Bonchev–Trinajstić information content (AvgIpc) is 3.02. The van der Waals surface area contributed by atoms with E-state index in [0.717, 1.165) is 10.6 Å². The molecule has 0 saturated heterocycles. The summed E-state index contributed by atoms with van der Waals surface area (Å²) in [6.07, 6.45) is -2.92. The summed E-state index contributed by atoms with van der Waals surface area (Å²) in [5.74, 6) is 4.88. The van der Waals surface area contributed by atoms with Crippen molar-refractivity contribution in [1.29, 1.82) is 5.26 Å². The van der Waals surface area contributed by atoms with E-state index in [1.807, 2.05) is 0 Å². The Morgan fingerprint density at radius 1 is 1.19 bits per heavy atom. The molecule has 3 rings (SSSR count). The van der Waals surface area contributed by atoms with E-state index < -0.39 is 24.0 Å². The van der Waals surface area contributed by atoms with Gasteiger partial charge >= 0.3 is 6.18 Å². The fourth-order valence-electron chi connectivity index (χ4n) is 2.94. The third-order valence-corrected chi connectivity index (χ3v) is 5.21. The number of benzene rings is 1. The summed E-state index contributed by atoms with van der Waals surface area (Å²) >= 11 is 3.19. The van der Waals surface area contributed by atoms with E-state index in [4.69, 9.17) is 5.26 Å². The summed E-state index contributed by atoms with van der Waals surface area (Å²) in [7, 11) is 0. The molecule has 4 nitrogen and oxygen atoms in total. The monoisotopic (exact) mass is 492 g/mol. The highest BCUT2D eigenvalue weighted by atomic mass is 79.9. The zero-order valence-electron chi connectivity index (χ0n) is 16.6. The zero-order valence-corrected chi connectivity index (χ0v) is 18.2. The molecule has 0 unspecified atom stereocenters. The minimum atomic E-state index is -4.48. The van der Waals surface area contributed by atoms with Crippen LogP contribution in [-0.2, 0) is 12.0 Å². The maximum atomic E-state index is 13.7. The highest BCUT2D eigenvalue weighted by Crippen LogP contribution is 2.31. The van der Waals surface area contributed by atoms with Crippen LogP contribution in [0.25, 0.3) is 10.9 Å². The summed E-state index contributed by atoms with van der Waals surface area (Å²) in [4.78, 5) is 4.26. The molecule has 1 aromatic carbocycles. The Morgan fingerprint density at radius 3 is 2.55 bits per heavy atom. The molecule has 9 heteroatoms. The number of nitriles is 1. The predicted octanol–water partition coefficient (Wildman–Crippen LogP) is 5.76. The van der Waals surface area contributed by atoms with E-state index in [1.165, 1.54) is 12.1 Å². The number of nitrogens with one attached hydrogen (secondary N) is 1. The predicted molar refractivity (Wildman–Crippen MR) is 114 cm³/mol. The molecule has 0 fully saturated rings. The molecule has 0 spiro atoms. The maximum absolute atomic E-state index is 13.7. The zero-order chi connectivity index (χ0) is 22.8. The van der Waals surface area contributed by atoms with E-state index in [1.54, 1.807) is 32.2 Å². The van der Waals surface area contributed by atoms with Gasteiger partial charge in [0.1, 0.15) is 12.4 Å². The van der Waals surface area contributed by atoms with Gasteiger partial charge in [-0.15, -0.1) is 0 Å². The second kappa shape index (κ2) is 8.60. The fourth-order valence-corrected chi connectivity index (χ4v) is 3.48. The molecule has 0 saturated carbocycles. The van der Waals surface area contributed by atoms with E-state index >= 15 is 0 Å². The number of fused-ring (bicyclic) bond motifs is 1. The van der Waals surface area contributed by atoms with Crippen molar-refractivity contribution < 1.29 is 17.6 Å². The fraction of sp³-hybridized carbons (Fsp3) is 0.273. The number of pyridine rings is 1. The van der Waals surface area contributed by atoms with Crippen LogP contribution in [0.3, 0.4) is 0 Å². The quantitative estimate of drug-likeness (QED) is 0.371. The molecule has 3 aromatic rings. The number of hydrogen-bond acceptors (Lipinski definition) is 3. The van der Waals surface area contributed by atoms with Crippen LogP contribution in [0.15, 0.2) is 41.0 Å². The Labute approximate surface area is 185 Å². The number of halogens is 5. The van der Waals surface area contributed by atoms with Crippen LogP contribution < -0.4 is 5.32 Å². The van der Waals surface area contributed by atoms with Gasteiger partial charge in [0.25, 0.3) is 0 Å². The van der Waals surface area contributed by atoms with Gasteiger partial charge in [-0.25, -0.2) is 4.39 Å². The molecule has 0 aliphatic rings. The Balaban J connectivity index is 1.82. The normalized spacial score (nSPS) is 11.7. The molecule has 31 heavy (non-hydrogen) atoms. The Hall–Kier alpha value is -3.04. The molecule has 0 aliphatic carbocycles. The lowest BCUT2D eigenvalue weighted by Gasteiger charge is -2.14. The SMILES string of the molecule is CC(C)(C#N)c1ccc(NCC#Cc2cc3c(Br)cc(F)cc3n2CC(F)(F)F)cn1. The Bertz CT molecular complexity index is 1210. The van der Waals surface area contributed by atoms with Gasteiger partial charge in [0, 0.05) is 9.86 Å². The number of anilines is 1. The van der Waals surface area contributed by atoms with Gasteiger partial charge in [0.05, 0.1) is 46.8 Å². The highest BCUT2D eigenvalue weighted by Gasteiger charge is 2.30. The van der Waals surface area contributed by atoms with Crippen molar-refractivity contribution in [3.63, 3.8) is 0 Å². The number of rotatable bonds is 4. The first-order chi connectivity index (χ1) is 14.5. The molecule has 2 heterocycles. The van der Waals surface area contributed by atoms with Crippen molar-refractivity contribution in [3.05, 3.63) is 58.2 Å². The van der Waals surface area contributed by atoms with Crippen LogP contribution in [0, 0.1) is 29.0 Å². The van der Waals surface area contributed by atoms with Crippen molar-refractivity contribution in [2.75, 3.05) is 11.9 Å². The minimum Gasteiger partial charge on any atom is -0.373 e. The lowest BCUT2D eigenvalue weighted by atomic mass is 9.91. The third-order valence-electron chi connectivity index (χ3n) is 4.55. The molecule has 0 atom stereocenters. The van der Waals surface area contributed by atoms with Crippen LogP contribution in [0.5, 0.6) is 0 Å². The molecular formula is C22H17BrF4N4. The number of nitrogens with zero attached hydrogens (tertiary/aromatic N) is 3. The molecule has 0 aliphatic heterocycles. The Kier molecular flexibility index (Phi) is 6.28. The van der Waals surface area contributed by atoms with Crippen LogP contribution >= 0.6 is 15.9 Å². The lowest BCUT2D eigenvalue weighted by molar-refractivity contribution is -0.140. The van der Waals surface area contributed by atoms with Crippen LogP contribution in [0.2, 0.25) is 0 Å². The van der Waals surface area contributed by atoms with Gasteiger partial charge in [0.2, 0.25) is 0 Å². The average molecular weight is 493 g/mol. The van der Waals surface area contributed by atoms with Crippen molar-refractivity contribution in [2.45, 2.75) is 32.0 Å². The number of hydrogen-bond donors (Lipinski definition) is 1. The lowest BCUT2D eigenvalue weighted by Crippen LogP contribution is -2.18. The van der Waals surface area contributed by atoms with E-state index in [9.17, 15) is 17.6 Å². The maximum Gasteiger partial charge on any atom is 0.406 e. The highest BCUT2D eigenvalue weighted by molar-refractivity contribution is 9.10. The Morgan fingerprint density at radius 2 is 1.94 bits per heavy atom. The summed E-state index contributed by atoms with van der Waals surface area (Å²) in [5.41, 5.74) is 0.817. The van der Waals surface area contributed by atoms with Crippen molar-refractivity contribution >= 4 is 32.5 Å². The standard InChI is InChI=1S/C22H17BrF4N4/c1-21(2,12-28)20-6-5-15(11-30-20)29-7-3-4-16-10-17-18(23)8-14(24)9-19(17)31(16)13-22(25,26)27/h5-6,8-11,29H,7,13H2,1-2H3. The van der Waals surface area contributed by atoms with Gasteiger partial charge in [-0.3, -0.25) is 4.98 Å². The van der Waals surface area contributed by atoms with Crippen molar-refractivity contribution in [3.8, 4) is 17.9 Å². The summed E-state index contributed by atoms with van der Waals surface area (Å²) < 4.78 is 54.3.